The van der Waals surface area contributed by atoms with Crippen LogP contribution in [0, 0.1) is 0 Å². The van der Waals surface area contributed by atoms with E-state index in [-0.39, 0.29) is 11.9 Å². The lowest BCUT2D eigenvalue weighted by Gasteiger charge is -2.24. The molecule has 416 valence electrons. The van der Waals surface area contributed by atoms with Crippen LogP contribution in [-0.2, 0) is 25.7 Å². The fourth-order valence-corrected chi connectivity index (χ4v) is 9.64. The Bertz CT molecular complexity index is 2590. The molecule has 78 heavy (non-hydrogen) atoms. The van der Waals surface area contributed by atoms with Gasteiger partial charge >= 0.3 is 0 Å². The zero-order valence-corrected chi connectivity index (χ0v) is 46.8. The van der Waals surface area contributed by atoms with Crippen molar-refractivity contribution in [1.82, 2.24) is 29.9 Å². The molecule has 0 fully saturated rings. The number of aromatic nitrogens is 6. The monoisotopic (exact) mass is 1060 g/mol. The fourth-order valence-electron chi connectivity index (χ4n) is 9.64. The summed E-state index contributed by atoms with van der Waals surface area (Å²) in [4.78, 5) is 27.5. The van der Waals surface area contributed by atoms with E-state index in [2.05, 4.69) is 143 Å². The van der Waals surface area contributed by atoms with Crippen LogP contribution >= 0.6 is 0 Å². The second kappa shape index (κ2) is 31.0. The molecule has 0 saturated carbocycles. The Morgan fingerprint density at radius 2 is 0.731 bits per heavy atom. The van der Waals surface area contributed by atoms with E-state index in [4.69, 9.17) is 40.4 Å². The number of nitrogens with one attached hydrogen (secondary N) is 4. The summed E-state index contributed by atoms with van der Waals surface area (Å²) >= 11 is 0. The molecule has 0 spiro atoms. The van der Waals surface area contributed by atoms with Gasteiger partial charge in [-0.2, -0.15) is 29.9 Å². The SMILES string of the molecule is C=CCCCCCCNc1nc(N)nc(Nc2cc3c(OCCC)c(c2)Cc2cccc(c2OCCC)Cc2cc(Nc4nc(N)nc(NCCCCCCC=C)n4)cc(c2OCCC)Cc2cccc(c2OCCC)C3)n1. The van der Waals surface area contributed by atoms with Gasteiger partial charge < -0.3 is 51.7 Å². The second-order valence-corrected chi connectivity index (χ2v) is 19.9. The molecule has 0 amide bonds. The van der Waals surface area contributed by atoms with Crippen molar-refractivity contribution >= 4 is 47.1 Å². The molecule has 2 heterocycles. The Balaban J connectivity index is 1.34. The number of ether oxygens (including phenoxy) is 4. The lowest BCUT2D eigenvalue weighted by atomic mass is 9.90. The minimum Gasteiger partial charge on any atom is -0.493 e. The maximum Gasteiger partial charge on any atom is 0.233 e. The molecule has 4 aromatic carbocycles. The van der Waals surface area contributed by atoms with E-state index >= 15 is 0 Å². The molecule has 8 bridgehead atoms. The Labute approximate surface area is 463 Å². The molecule has 8 N–H and O–H groups in total. The first-order valence-electron chi connectivity index (χ1n) is 28.5. The molecule has 16 heteroatoms. The third kappa shape index (κ3) is 17.2. The van der Waals surface area contributed by atoms with Crippen LogP contribution in [0.15, 0.2) is 86.0 Å². The molecule has 1 aliphatic carbocycles. The van der Waals surface area contributed by atoms with Crippen molar-refractivity contribution in [2.75, 3.05) is 72.3 Å². The summed E-state index contributed by atoms with van der Waals surface area (Å²) in [5.41, 5.74) is 22.3. The van der Waals surface area contributed by atoms with Crippen LogP contribution in [-0.4, -0.2) is 69.4 Å². The summed E-state index contributed by atoms with van der Waals surface area (Å²) in [6.07, 6.45) is 20.1. The van der Waals surface area contributed by atoms with Gasteiger partial charge in [-0.3, -0.25) is 0 Å². The van der Waals surface area contributed by atoms with E-state index < -0.39 is 0 Å². The number of nitrogens with two attached hydrogens (primary N) is 2. The van der Waals surface area contributed by atoms with Gasteiger partial charge in [-0.1, -0.05) is 102 Å². The number of nitrogen functional groups attached to an aromatic ring is 2. The van der Waals surface area contributed by atoms with Gasteiger partial charge in [0.05, 0.1) is 26.4 Å². The minimum absolute atomic E-state index is 0.125. The predicted octanol–water partition coefficient (Wildman–Crippen LogP) is 13.6. The molecule has 7 rings (SSSR count). The largest absolute Gasteiger partial charge is 0.493 e. The lowest BCUT2D eigenvalue weighted by molar-refractivity contribution is 0.304. The summed E-state index contributed by atoms with van der Waals surface area (Å²) in [5, 5.41) is 13.8. The standard InChI is InChI=1S/C62H84N12O4/c1-7-13-15-17-19-21-29-65-59-69-57(63)71-61(73-59)67-51-39-47-35-43-25-23-27-45(53(43)75-31-9-3)37-49-41-52(68-62-72-58(64)70-60(74-62)66-30-22-20-18-16-14-8-2)42-50(56(49)78-34-12-6)38-46-28-24-26-44(54(46)76-32-10-4)36-48(40-51)55(47)77-33-11-5/h7-8,23-28,39-42H,1-2,9-22,29-38H2,3-6H3,(H4,63,65,67,69,71,73)(H4,64,66,68,70,72,74). The molecule has 2 aromatic heterocycles. The molecule has 0 atom stereocenters. The first-order chi connectivity index (χ1) is 38.2. The lowest BCUT2D eigenvalue weighted by Crippen LogP contribution is -2.12. The van der Waals surface area contributed by atoms with Crippen LogP contribution < -0.4 is 51.7 Å². The Hall–Kier alpha value is -7.62. The van der Waals surface area contributed by atoms with Gasteiger partial charge in [0.15, 0.2) is 0 Å². The summed E-state index contributed by atoms with van der Waals surface area (Å²) < 4.78 is 27.4. The van der Waals surface area contributed by atoms with Crippen molar-refractivity contribution in [3.8, 4) is 23.0 Å². The minimum atomic E-state index is 0.125. The van der Waals surface area contributed by atoms with Gasteiger partial charge in [0.25, 0.3) is 0 Å². The van der Waals surface area contributed by atoms with Crippen LogP contribution in [0.2, 0.25) is 0 Å². The summed E-state index contributed by atoms with van der Waals surface area (Å²) in [6.45, 7) is 19.8. The van der Waals surface area contributed by atoms with Crippen molar-refractivity contribution in [3.05, 3.63) is 130 Å². The van der Waals surface area contributed by atoms with Gasteiger partial charge in [-0.15, -0.1) is 13.2 Å². The predicted molar refractivity (Wildman–Crippen MR) is 319 cm³/mol. The number of hydrogen-bond donors (Lipinski definition) is 6. The number of fused-ring (bicyclic) bond motifs is 8. The number of rotatable bonds is 32. The van der Waals surface area contributed by atoms with Gasteiger partial charge in [0.2, 0.25) is 35.7 Å². The highest BCUT2D eigenvalue weighted by Crippen LogP contribution is 2.42. The number of hydrogen-bond acceptors (Lipinski definition) is 16. The van der Waals surface area contributed by atoms with Crippen LogP contribution in [0.3, 0.4) is 0 Å². The third-order valence-corrected chi connectivity index (χ3v) is 13.2. The second-order valence-electron chi connectivity index (χ2n) is 19.9. The van der Waals surface area contributed by atoms with Gasteiger partial charge in [-0.05, 0) is 111 Å². The van der Waals surface area contributed by atoms with Crippen molar-refractivity contribution < 1.29 is 18.9 Å². The maximum absolute atomic E-state index is 6.84. The van der Waals surface area contributed by atoms with Gasteiger partial charge in [0.1, 0.15) is 23.0 Å². The highest BCUT2D eigenvalue weighted by atomic mass is 16.5. The summed E-state index contributed by atoms with van der Waals surface area (Å²) in [6, 6.07) is 21.4. The molecule has 0 saturated heterocycles. The highest BCUT2D eigenvalue weighted by molar-refractivity contribution is 5.66. The molecule has 6 aromatic rings. The quantitative estimate of drug-likeness (QED) is 0.0171. The zero-order valence-electron chi connectivity index (χ0n) is 46.8. The highest BCUT2D eigenvalue weighted by Gasteiger charge is 2.24. The van der Waals surface area contributed by atoms with Crippen molar-refractivity contribution in [2.24, 2.45) is 0 Å². The number of allylic oxidation sites excluding steroid dienone is 2. The molecule has 0 unspecified atom stereocenters. The van der Waals surface area contributed by atoms with E-state index in [0.29, 0.717) is 75.9 Å². The first kappa shape index (κ1) is 58.1. The van der Waals surface area contributed by atoms with Crippen LogP contribution in [0.5, 0.6) is 23.0 Å². The Kier molecular flexibility index (Phi) is 23.0. The number of unbranched alkanes of at least 4 members (excludes halogenated alkanes) is 8. The maximum atomic E-state index is 6.84. The molecule has 1 aliphatic rings. The number of benzene rings is 4. The summed E-state index contributed by atoms with van der Waals surface area (Å²) in [5.74, 6) is 5.10. The topological polar surface area (TPSA) is 214 Å². The number of nitrogens with zero attached hydrogens (tertiary/aromatic N) is 6. The molecular formula is C62H84N12O4. The van der Waals surface area contributed by atoms with Crippen LogP contribution in [0.4, 0.5) is 47.1 Å². The molecule has 0 radical (unpaired) electrons. The number of para-hydroxylation sites is 2. The molecule has 16 nitrogen and oxygen atoms in total. The number of anilines is 8. The van der Waals surface area contributed by atoms with Crippen LogP contribution in [0.1, 0.15) is 162 Å². The van der Waals surface area contributed by atoms with Crippen molar-refractivity contribution in [2.45, 2.75) is 143 Å². The van der Waals surface area contributed by atoms with E-state index in [1.165, 1.54) is 0 Å². The summed E-state index contributed by atoms with van der Waals surface area (Å²) in [7, 11) is 0. The average Bonchev–Trinajstić information content (AvgIpc) is 3.44. The van der Waals surface area contributed by atoms with Gasteiger partial charge in [0, 0.05) is 72.4 Å². The van der Waals surface area contributed by atoms with E-state index in [1.807, 2.05) is 12.2 Å². The Morgan fingerprint density at radius 1 is 0.423 bits per heavy atom. The average molecular weight is 1060 g/mol. The molecular weight excluding hydrogens is 977 g/mol. The first-order valence-corrected chi connectivity index (χ1v) is 28.5. The molecule has 0 aliphatic heterocycles. The van der Waals surface area contributed by atoms with Crippen molar-refractivity contribution in [1.29, 1.82) is 0 Å². The van der Waals surface area contributed by atoms with Crippen LogP contribution in [0.25, 0.3) is 0 Å². The van der Waals surface area contributed by atoms with E-state index in [1.54, 1.807) is 0 Å². The fraction of sp³-hybridized carbons (Fsp3) is 0.452. The third-order valence-electron chi connectivity index (χ3n) is 13.2. The Morgan fingerprint density at radius 3 is 1.05 bits per heavy atom. The zero-order chi connectivity index (χ0) is 54.9. The smallest absolute Gasteiger partial charge is 0.233 e. The normalized spacial score (nSPS) is 11.8. The van der Waals surface area contributed by atoms with Gasteiger partial charge in [-0.25, -0.2) is 0 Å². The van der Waals surface area contributed by atoms with Crippen molar-refractivity contribution in [3.63, 3.8) is 0 Å². The van der Waals surface area contributed by atoms with E-state index in [9.17, 15) is 0 Å². The van der Waals surface area contributed by atoms with E-state index in [0.717, 1.165) is 182 Å².